The molecule has 3 rings (SSSR count). The molecule has 1 saturated carbocycles. The molecule has 2 unspecified atom stereocenters. The van der Waals surface area contributed by atoms with Crippen molar-refractivity contribution in [3.05, 3.63) is 23.5 Å². The Morgan fingerprint density at radius 2 is 1.73 bits per heavy atom. The van der Waals surface area contributed by atoms with Gasteiger partial charge >= 0.3 is 11.9 Å². The number of rotatable bonds is 2. The molecular formula is C16H12O10. The Morgan fingerprint density at radius 3 is 2.27 bits per heavy atom. The molecule has 0 aromatic carbocycles. The molecule has 2 N–H and O–H groups in total. The molecule has 4 atom stereocenters. The Bertz CT molecular complexity index is 877. The van der Waals surface area contributed by atoms with E-state index in [-0.39, 0.29) is 0 Å². The van der Waals surface area contributed by atoms with Crippen molar-refractivity contribution >= 4 is 35.1 Å². The van der Waals surface area contributed by atoms with Crippen molar-refractivity contribution in [3.8, 4) is 0 Å². The standard InChI is InChI=1S/C16H12O10/c1-25-13(22)5-3-7(18)16(24)12(21)8(5)9-11(20)10(19)6(17)4-15(9,16)14(23)26-2/h3-4,8-9,17,24H,1-2H3/t8-,9?,15?,16+/m0/s1. The Morgan fingerprint density at radius 1 is 1.12 bits per heavy atom. The first-order valence-corrected chi connectivity index (χ1v) is 7.29. The fourth-order valence-electron chi connectivity index (χ4n) is 3.96. The first-order valence-electron chi connectivity index (χ1n) is 7.29. The molecular weight excluding hydrogens is 352 g/mol. The summed E-state index contributed by atoms with van der Waals surface area (Å²) in [4.78, 5) is 74.2. The average Bonchev–Trinajstić information content (AvgIpc) is 2.76. The van der Waals surface area contributed by atoms with Crippen molar-refractivity contribution in [2.75, 3.05) is 14.2 Å². The monoisotopic (exact) mass is 364 g/mol. The molecule has 0 aliphatic heterocycles. The van der Waals surface area contributed by atoms with Crippen LogP contribution in [0.5, 0.6) is 0 Å². The van der Waals surface area contributed by atoms with Crippen LogP contribution in [0.1, 0.15) is 0 Å². The largest absolute Gasteiger partial charge is 0.504 e. The fourth-order valence-corrected chi connectivity index (χ4v) is 3.96. The summed E-state index contributed by atoms with van der Waals surface area (Å²) in [5.41, 5.74) is -6.36. The number of aliphatic hydroxyl groups is 2. The molecule has 0 aromatic rings. The van der Waals surface area contributed by atoms with Gasteiger partial charge in [-0.1, -0.05) is 0 Å². The van der Waals surface area contributed by atoms with Gasteiger partial charge in [-0.15, -0.1) is 0 Å². The number of hydrogen-bond acceptors (Lipinski definition) is 10. The molecule has 10 nitrogen and oxygen atoms in total. The second-order valence-electron chi connectivity index (χ2n) is 6.07. The van der Waals surface area contributed by atoms with Crippen molar-refractivity contribution in [2.24, 2.45) is 17.3 Å². The summed E-state index contributed by atoms with van der Waals surface area (Å²) in [7, 11) is 1.83. The lowest BCUT2D eigenvalue weighted by Crippen LogP contribution is -2.62. The predicted octanol–water partition coefficient (Wildman–Crippen LogP) is -2.03. The van der Waals surface area contributed by atoms with Crippen LogP contribution < -0.4 is 0 Å². The maximum absolute atomic E-state index is 12.8. The number of carbonyl (C=O) groups is 6. The molecule has 3 aliphatic rings. The van der Waals surface area contributed by atoms with Gasteiger partial charge in [0.05, 0.1) is 31.6 Å². The number of methoxy groups -OCH3 is 2. The van der Waals surface area contributed by atoms with Crippen LogP contribution in [0.3, 0.4) is 0 Å². The first kappa shape index (κ1) is 17.7. The number of fused-ring (bicyclic) bond motifs is 5. The van der Waals surface area contributed by atoms with Crippen LogP contribution in [0, 0.1) is 17.3 Å². The third-order valence-corrected chi connectivity index (χ3v) is 5.09. The molecule has 0 heterocycles. The molecule has 0 aromatic heterocycles. The molecule has 0 amide bonds. The minimum atomic E-state index is -3.11. The molecule has 0 saturated heterocycles. The number of allylic oxidation sites excluding steroid dienone is 1. The van der Waals surface area contributed by atoms with Crippen molar-refractivity contribution in [1.29, 1.82) is 0 Å². The van der Waals surface area contributed by atoms with E-state index in [1.165, 1.54) is 0 Å². The van der Waals surface area contributed by atoms with Gasteiger partial charge in [0.25, 0.3) is 5.78 Å². The molecule has 1 fully saturated rings. The summed E-state index contributed by atoms with van der Waals surface area (Å²) >= 11 is 0. The summed E-state index contributed by atoms with van der Waals surface area (Å²) in [5, 5.41) is 20.7. The maximum Gasteiger partial charge on any atom is 0.334 e. The normalized spacial score (nSPS) is 35.5. The van der Waals surface area contributed by atoms with Gasteiger partial charge in [-0.25, -0.2) is 4.79 Å². The van der Waals surface area contributed by atoms with Gasteiger partial charge < -0.3 is 19.7 Å². The topological polar surface area (TPSA) is 161 Å². The molecule has 0 spiro atoms. The summed E-state index contributed by atoms with van der Waals surface area (Å²) < 4.78 is 9.04. The predicted molar refractivity (Wildman–Crippen MR) is 77.2 cm³/mol. The average molecular weight is 364 g/mol. The molecule has 10 heteroatoms. The highest BCUT2D eigenvalue weighted by Gasteiger charge is 2.81. The van der Waals surface area contributed by atoms with Crippen LogP contribution in [0.4, 0.5) is 0 Å². The van der Waals surface area contributed by atoms with Crippen molar-refractivity contribution < 1.29 is 48.5 Å². The van der Waals surface area contributed by atoms with Gasteiger partial charge in [0.1, 0.15) is 5.41 Å². The number of Topliss-reactive ketones (excluding diaryl/α,β-unsaturated/α-hetero) is 3. The summed E-state index contributed by atoms with van der Waals surface area (Å²) in [6.45, 7) is 0. The zero-order valence-corrected chi connectivity index (χ0v) is 13.5. The van der Waals surface area contributed by atoms with Crippen molar-refractivity contribution in [3.63, 3.8) is 0 Å². The quantitative estimate of drug-likeness (QED) is 0.317. The number of aliphatic hydroxyl groups excluding tert-OH is 1. The molecule has 2 bridgehead atoms. The smallest absolute Gasteiger partial charge is 0.334 e. The Labute approximate surface area is 145 Å². The van der Waals surface area contributed by atoms with Gasteiger partial charge in [0, 0.05) is 0 Å². The summed E-state index contributed by atoms with van der Waals surface area (Å²) in [6, 6.07) is 0. The molecule has 3 aliphatic carbocycles. The van der Waals surface area contributed by atoms with Crippen LogP contribution in [0.25, 0.3) is 0 Å². The van der Waals surface area contributed by atoms with E-state index in [0.29, 0.717) is 12.2 Å². The number of ketones is 4. The molecule has 0 radical (unpaired) electrons. The second-order valence-corrected chi connectivity index (χ2v) is 6.07. The second kappa shape index (κ2) is 5.18. The molecule has 136 valence electrons. The lowest BCUT2D eigenvalue weighted by Gasteiger charge is -2.38. The van der Waals surface area contributed by atoms with Crippen LogP contribution in [0.2, 0.25) is 0 Å². The highest BCUT2D eigenvalue weighted by atomic mass is 16.5. The Hall–Kier alpha value is -3.14. The first-order chi connectivity index (χ1) is 12.1. The van der Waals surface area contributed by atoms with E-state index in [1.807, 2.05) is 0 Å². The third kappa shape index (κ3) is 1.64. The summed E-state index contributed by atoms with van der Waals surface area (Å²) in [5.74, 6) is -13.0. The van der Waals surface area contributed by atoms with E-state index in [0.717, 1.165) is 14.2 Å². The van der Waals surface area contributed by atoms with Crippen LogP contribution in [-0.4, -0.2) is 65.1 Å². The van der Waals surface area contributed by atoms with Crippen molar-refractivity contribution in [1.82, 2.24) is 0 Å². The lowest BCUT2D eigenvalue weighted by molar-refractivity contribution is -0.176. The van der Waals surface area contributed by atoms with Gasteiger partial charge in [-0.05, 0) is 12.2 Å². The zero-order valence-electron chi connectivity index (χ0n) is 13.5. The van der Waals surface area contributed by atoms with E-state index >= 15 is 0 Å². The number of carbonyl (C=O) groups excluding carboxylic acids is 6. The van der Waals surface area contributed by atoms with E-state index in [9.17, 15) is 39.0 Å². The Kier molecular flexibility index (Phi) is 3.52. The SMILES string of the molecule is COC(=O)C1=CC(=O)[C@@]2(O)C(=O)[C@@H]1C1C(=O)C(=O)C(O)=CC12C(=O)OC. The molecule has 26 heavy (non-hydrogen) atoms. The number of hydrogen-bond donors (Lipinski definition) is 2. The zero-order chi connectivity index (χ0) is 19.6. The highest BCUT2D eigenvalue weighted by molar-refractivity contribution is 6.47. The minimum Gasteiger partial charge on any atom is -0.504 e. The Balaban J connectivity index is 2.42. The van der Waals surface area contributed by atoms with Crippen LogP contribution >= 0.6 is 0 Å². The van der Waals surface area contributed by atoms with Crippen molar-refractivity contribution in [2.45, 2.75) is 5.60 Å². The van der Waals surface area contributed by atoms with E-state index in [2.05, 4.69) is 9.47 Å². The maximum atomic E-state index is 12.8. The number of ether oxygens (including phenoxy) is 2. The van der Waals surface area contributed by atoms with Gasteiger partial charge in [-0.3, -0.25) is 24.0 Å². The van der Waals surface area contributed by atoms with Crippen LogP contribution in [-0.2, 0) is 38.2 Å². The summed E-state index contributed by atoms with van der Waals surface area (Å²) in [6.07, 6.45) is 1.08. The third-order valence-electron chi connectivity index (χ3n) is 5.09. The van der Waals surface area contributed by atoms with E-state index in [1.54, 1.807) is 0 Å². The van der Waals surface area contributed by atoms with Gasteiger partial charge in [0.2, 0.25) is 11.4 Å². The fraction of sp³-hybridized carbons (Fsp3) is 0.375. The van der Waals surface area contributed by atoms with Gasteiger partial charge in [-0.2, -0.15) is 0 Å². The number of esters is 2. The van der Waals surface area contributed by atoms with Gasteiger partial charge in [0.15, 0.2) is 17.3 Å². The lowest BCUT2D eigenvalue weighted by atomic mass is 9.63. The van der Waals surface area contributed by atoms with E-state index in [4.69, 9.17) is 0 Å². The van der Waals surface area contributed by atoms with E-state index < -0.39 is 69.3 Å². The minimum absolute atomic E-state index is 0.483. The highest BCUT2D eigenvalue weighted by Crippen LogP contribution is 2.60. The van der Waals surface area contributed by atoms with Crippen LogP contribution in [0.15, 0.2) is 23.5 Å².